The summed E-state index contributed by atoms with van der Waals surface area (Å²) in [5.74, 6) is 3.79. The van der Waals surface area contributed by atoms with E-state index >= 15 is 0 Å². The fourth-order valence-corrected chi connectivity index (χ4v) is 11.6. The fourth-order valence-electron chi connectivity index (χ4n) is 11.6. The second kappa shape index (κ2) is 7.61. The van der Waals surface area contributed by atoms with Crippen LogP contribution in [0.25, 0.3) is 0 Å². The average Bonchev–Trinajstić information content (AvgIpc) is 3.10. The molecule has 2 heteroatoms. The zero-order chi connectivity index (χ0) is 24.9. The number of carbonyl (C=O) groups excluding carboxylic acids is 1. The van der Waals surface area contributed by atoms with E-state index in [0.29, 0.717) is 22.2 Å². The van der Waals surface area contributed by atoms with E-state index < -0.39 is 0 Å². The fraction of sp³-hybridized carbons (Fsp3) is 0.906. The molecule has 0 spiro atoms. The Labute approximate surface area is 210 Å². The van der Waals surface area contributed by atoms with Gasteiger partial charge in [0.05, 0.1) is 0 Å². The molecule has 0 saturated heterocycles. The Morgan fingerprint density at radius 3 is 2.21 bits per heavy atom. The first kappa shape index (κ1) is 24.9. The number of ether oxygens (including phenoxy) is 1. The second-order valence-corrected chi connectivity index (χ2v) is 15.2. The number of hydrogen-bond acceptors (Lipinski definition) is 2. The van der Waals surface area contributed by atoms with Crippen molar-refractivity contribution in [1.29, 1.82) is 0 Å². The minimum Gasteiger partial charge on any atom is -0.462 e. The van der Waals surface area contributed by atoms with E-state index in [0.717, 1.165) is 30.1 Å². The number of hydrogen-bond donors (Lipinski definition) is 0. The van der Waals surface area contributed by atoms with Gasteiger partial charge in [0, 0.05) is 12.3 Å². The molecule has 34 heavy (non-hydrogen) atoms. The molecule has 0 radical (unpaired) electrons. The van der Waals surface area contributed by atoms with E-state index in [-0.39, 0.29) is 22.9 Å². The van der Waals surface area contributed by atoms with E-state index in [4.69, 9.17) is 4.74 Å². The first-order valence-electron chi connectivity index (χ1n) is 14.6. The topological polar surface area (TPSA) is 26.3 Å². The van der Waals surface area contributed by atoms with Crippen molar-refractivity contribution in [3.8, 4) is 0 Å². The van der Waals surface area contributed by atoms with Gasteiger partial charge in [0.1, 0.15) is 6.10 Å². The van der Waals surface area contributed by atoms with Crippen LogP contribution in [-0.2, 0) is 9.53 Å². The zero-order valence-corrected chi connectivity index (χ0v) is 23.7. The van der Waals surface area contributed by atoms with Crippen molar-refractivity contribution >= 4 is 5.97 Å². The minimum atomic E-state index is -0.114. The quantitative estimate of drug-likeness (QED) is 0.299. The zero-order valence-electron chi connectivity index (χ0n) is 23.7. The van der Waals surface area contributed by atoms with E-state index in [1.165, 1.54) is 51.4 Å². The lowest BCUT2D eigenvalue weighted by Crippen LogP contribution is -2.62. The lowest BCUT2D eigenvalue weighted by Gasteiger charge is -2.69. The van der Waals surface area contributed by atoms with Gasteiger partial charge in [-0.25, -0.2) is 0 Å². The van der Waals surface area contributed by atoms with Crippen LogP contribution >= 0.6 is 0 Å². The normalized spacial score (nSPS) is 51.6. The summed E-state index contributed by atoms with van der Waals surface area (Å²) in [6.45, 7) is 22.0. The van der Waals surface area contributed by atoms with E-state index in [2.05, 4.69) is 61.5 Å². The summed E-state index contributed by atoms with van der Waals surface area (Å²) in [5.41, 5.74) is 3.46. The van der Waals surface area contributed by atoms with Crippen molar-refractivity contribution in [3.05, 3.63) is 11.6 Å². The van der Waals surface area contributed by atoms with Crippen molar-refractivity contribution in [2.24, 2.45) is 56.7 Å². The maximum atomic E-state index is 11.9. The molecule has 4 fully saturated rings. The first-order chi connectivity index (χ1) is 15.7. The van der Waals surface area contributed by atoms with Crippen molar-refractivity contribution < 1.29 is 9.53 Å². The van der Waals surface area contributed by atoms with Crippen molar-refractivity contribution in [2.45, 2.75) is 126 Å². The van der Waals surface area contributed by atoms with Gasteiger partial charge in [-0.05, 0) is 109 Å². The highest BCUT2D eigenvalue weighted by Crippen LogP contribution is 2.76. The Hall–Kier alpha value is -0.790. The van der Waals surface area contributed by atoms with Crippen LogP contribution in [0.15, 0.2) is 11.6 Å². The minimum absolute atomic E-state index is 0.0349. The molecular weight excluding hydrogens is 416 g/mol. The molecule has 0 heterocycles. The van der Waals surface area contributed by atoms with Gasteiger partial charge >= 0.3 is 5.97 Å². The molecule has 5 rings (SSSR count). The third-order valence-electron chi connectivity index (χ3n) is 13.5. The van der Waals surface area contributed by atoms with Crippen molar-refractivity contribution in [2.75, 3.05) is 0 Å². The third-order valence-corrected chi connectivity index (χ3v) is 13.5. The van der Waals surface area contributed by atoms with Crippen LogP contribution in [0.1, 0.15) is 120 Å². The predicted molar refractivity (Wildman–Crippen MR) is 140 cm³/mol. The Morgan fingerprint density at radius 2 is 1.56 bits per heavy atom. The monoisotopic (exact) mass is 468 g/mol. The molecule has 0 aromatic heterocycles. The molecule has 0 aromatic rings. The molecule has 2 nitrogen and oxygen atoms in total. The second-order valence-electron chi connectivity index (χ2n) is 15.2. The van der Waals surface area contributed by atoms with E-state index in [9.17, 15) is 4.79 Å². The van der Waals surface area contributed by atoms with Crippen LogP contribution in [-0.4, -0.2) is 12.1 Å². The van der Waals surface area contributed by atoms with Gasteiger partial charge in [0.25, 0.3) is 0 Å². The Bertz CT molecular complexity index is 883. The summed E-state index contributed by atoms with van der Waals surface area (Å²) in [5, 5.41) is 0. The summed E-state index contributed by atoms with van der Waals surface area (Å²) < 4.78 is 5.89. The molecule has 4 saturated carbocycles. The van der Waals surface area contributed by atoms with Gasteiger partial charge in [-0.15, -0.1) is 0 Å². The lowest BCUT2D eigenvalue weighted by atomic mass is 9.35. The smallest absolute Gasteiger partial charge is 0.302 e. The van der Waals surface area contributed by atoms with Gasteiger partial charge in [0.2, 0.25) is 0 Å². The molecule has 0 aromatic carbocycles. The molecule has 5 aliphatic carbocycles. The lowest BCUT2D eigenvalue weighted by molar-refractivity contribution is -0.179. The van der Waals surface area contributed by atoms with Crippen LogP contribution in [0.3, 0.4) is 0 Å². The molecule has 0 amide bonds. The first-order valence-corrected chi connectivity index (χ1v) is 14.6. The number of esters is 1. The van der Waals surface area contributed by atoms with Crippen molar-refractivity contribution in [1.82, 2.24) is 0 Å². The SMILES string of the molecule is CC(=O)OC1CC[C@]2(C)C3=CC[C@]4(C)[C@@H]5CCC(C(C)C)[C@]5(C)CC[C@@]4(C)[C@@H]3CC[C@@H]2C1(C)C. The summed E-state index contributed by atoms with van der Waals surface area (Å²) in [6.07, 6.45) is 14.6. The van der Waals surface area contributed by atoms with Crippen LogP contribution < -0.4 is 0 Å². The highest BCUT2D eigenvalue weighted by Gasteiger charge is 2.68. The highest BCUT2D eigenvalue weighted by atomic mass is 16.5. The summed E-state index contributed by atoms with van der Waals surface area (Å²) in [4.78, 5) is 11.9. The average molecular weight is 469 g/mol. The summed E-state index contributed by atoms with van der Waals surface area (Å²) in [7, 11) is 0. The van der Waals surface area contributed by atoms with E-state index in [1.807, 2.05) is 0 Å². The number of carbonyl (C=O) groups is 1. The van der Waals surface area contributed by atoms with Crippen LogP contribution in [0, 0.1) is 56.7 Å². The predicted octanol–water partition coefficient (Wildman–Crippen LogP) is 8.60. The van der Waals surface area contributed by atoms with Gasteiger partial charge in [-0.3, -0.25) is 4.79 Å². The largest absolute Gasteiger partial charge is 0.462 e. The molecule has 0 aliphatic heterocycles. The van der Waals surface area contributed by atoms with Gasteiger partial charge in [0.15, 0.2) is 0 Å². The molecule has 2 unspecified atom stereocenters. The van der Waals surface area contributed by atoms with Crippen molar-refractivity contribution in [3.63, 3.8) is 0 Å². The maximum Gasteiger partial charge on any atom is 0.302 e. The molecule has 192 valence electrons. The summed E-state index contributed by atoms with van der Waals surface area (Å²) in [6, 6.07) is 0. The van der Waals surface area contributed by atoms with Crippen LogP contribution in [0.4, 0.5) is 0 Å². The van der Waals surface area contributed by atoms with Gasteiger partial charge in [-0.1, -0.05) is 67.0 Å². The molecular formula is C32H52O2. The summed E-state index contributed by atoms with van der Waals surface area (Å²) >= 11 is 0. The Morgan fingerprint density at radius 1 is 0.882 bits per heavy atom. The van der Waals surface area contributed by atoms with Crippen LogP contribution in [0.5, 0.6) is 0 Å². The molecule has 5 aliphatic rings. The van der Waals surface area contributed by atoms with Crippen LogP contribution in [0.2, 0.25) is 0 Å². The third kappa shape index (κ3) is 3.01. The number of rotatable bonds is 2. The number of allylic oxidation sites excluding steroid dienone is 2. The molecule has 0 bridgehead atoms. The highest BCUT2D eigenvalue weighted by molar-refractivity contribution is 5.66. The van der Waals surface area contributed by atoms with Gasteiger partial charge < -0.3 is 4.74 Å². The number of fused-ring (bicyclic) bond motifs is 7. The Balaban J connectivity index is 1.51. The standard InChI is InChI=1S/C32H52O2/c1-20(2)22-10-13-26-30(22,7)18-19-31(8)24-11-12-25-28(4,5)27(34-21(3)33)15-16-29(25,6)23(24)14-17-32(26,31)9/h14,20,22,24-27H,10-13,15-19H2,1-9H3/t22?,24-,25-,26-,27?,29-,30+,31+,32-/m1/s1. The van der Waals surface area contributed by atoms with E-state index in [1.54, 1.807) is 12.5 Å². The molecule has 9 atom stereocenters. The Kier molecular flexibility index (Phi) is 5.57. The molecule has 0 N–H and O–H groups in total. The van der Waals surface area contributed by atoms with Gasteiger partial charge in [-0.2, -0.15) is 0 Å². The maximum absolute atomic E-state index is 11.9.